The Kier molecular flexibility index (Phi) is 4.51. The molecule has 0 unspecified atom stereocenters. The topological polar surface area (TPSA) is 76.9 Å². The van der Waals surface area contributed by atoms with E-state index in [9.17, 15) is 8.42 Å². The lowest BCUT2D eigenvalue weighted by molar-refractivity contribution is 0.601. The zero-order valence-corrected chi connectivity index (χ0v) is 16.0. The van der Waals surface area contributed by atoms with Gasteiger partial charge < -0.3 is 0 Å². The zero-order chi connectivity index (χ0) is 19.0. The summed E-state index contributed by atoms with van der Waals surface area (Å²) in [5.74, 6) is 0.495. The first-order chi connectivity index (χ1) is 12.9. The molecule has 2 heterocycles. The molecule has 4 aromatic rings. The molecule has 9 heteroatoms. The van der Waals surface area contributed by atoms with Crippen LogP contribution in [0.5, 0.6) is 0 Å². The molecule has 2 aromatic heterocycles. The summed E-state index contributed by atoms with van der Waals surface area (Å²) in [6.45, 7) is 0. The number of hydrogen-bond acceptors (Lipinski definition) is 4. The summed E-state index contributed by atoms with van der Waals surface area (Å²) in [4.78, 5) is 8.44. The van der Waals surface area contributed by atoms with Gasteiger partial charge in [-0.2, -0.15) is 0 Å². The maximum Gasteiger partial charge on any atom is 0.262 e. The van der Waals surface area contributed by atoms with Crippen LogP contribution in [-0.4, -0.2) is 23.0 Å². The number of benzene rings is 2. The monoisotopic (exact) mass is 418 g/mol. The molecule has 0 aliphatic heterocycles. The van der Waals surface area contributed by atoms with Gasteiger partial charge in [-0.15, -0.1) is 0 Å². The predicted octanol–water partition coefficient (Wildman–Crippen LogP) is 4.53. The fourth-order valence-electron chi connectivity index (χ4n) is 2.73. The summed E-state index contributed by atoms with van der Waals surface area (Å²) in [7, 11) is -3.86. The van der Waals surface area contributed by atoms with Crippen molar-refractivity contribution in [3.05, 3.63) is 77.2 Å². The van der Waals surface area contributed by atoms with Crippen molar-refractivity contribution in [1.29, 1.82) is 0 Å². The van der Waals surface area contributed by atoms with Gasteiger partial charge in [0.25, 0.3) is 10.0 Å². The number of nitrogens with zero attached hydrogens (tertiary/aromatic N) is 3. The fourth-order valence-corrected chi connectivity index (χ4v) is 4.54. The molecule has 136 valence electrons. The Balaban J connectivity index is 1.78. The first-order valence-electron chi connectivity index (χ1n) is 7.80. The number of rotatable bonds is 4. The number of sulfonamides is 1. The molecule has 0 aliphatic carbocycles. The van der Waals surface area contributed by atoms with Crippen LogP contribution in [0.2, 0.25) is 10.0 Å². The Bertz CT molecular complexity index is 1220. The van der Waals surface area contributed by atoms with Gasteiger partial charge in [-0.25, -0.2) is 18.4 Å². The van der Waals surface area contributed by atoms with Crippen LogP contribution in [0.25, 0.3) is 16.9 Å². The molecular formula is C18H12Cl2N4O2S. The molecule has 0 spiro atoms. The lowest BCUT2D eigenvalue weighted by Crippen LogP contribution is -2.13. The minimum Gasteiger partial charge on any atom is -0.285 e. The molecule has 0 saturated heterocycles. The van der Waals surface area contributed by atoms with E-state index < -0.39 is 10.0 Å². The Labute approximate surface area is 165 Å². The highest BCUT2D eigenvalue weighted by atomic mass is 35.5. The summed E-state index contributed by atoms with van der Waals surface area (Å²) < 4.78 is 29.9. The van der Waals surface area contributed by atoms with Crippen LogP contribution >= 0.6 is 23.2 Å². The normalized spacial score (nSPS) is 11.6. The van der Waals surface area contributed by atoms with E-state index in [2.05, 4.69) is 14.7 Å². The van der Waals surface area contributed by atoms with Gasteiger partial charge in [0.05, 0.1) is 16.1 Å². The highest BCUT2D eigenvalue weighted by Gasteiger charge is 2.18. The lowest BCUT2D eigenvalue weighted by atomic mass is 10.2. The van der Waals surface area contributed by atoms with Crippen molar-refractivity contribution in [3.8, 4) is 5.95 Å². The maximum absolute atomic E-state index is 12.8. The molecule has 0 radical (unpaired) electrons. The lowest BCUT2D eigenvalue weighted by Gasteiger charge is -2.10. The second-order valence-corrected chi connectivity index (χ2v) is 8.24. The van der Waals surface area contributed by atoms with Crippen LogP contribution in [0, 0.1) is 0 Å². The standard InChI is InChI=1S/C18H12Cl2N4O2S/c19-12-9-13(20)11-14(10-12)27(25,26)23-16-3-1-4-17-15(16)5-8-24(17)18-21-6-2-7-22-18/h1-11,23H. The molecule has 27 heavy (non-hydrogen) atoms. The minimum absolute atomic E-state index is 0.0113. The third kappa shape index (κ3) is 3.49. The van der Waals surface area contributed by atoms with Gasteiger partial charge in [0.15, 0.2) is 0 Å². The highest BCUT2D eigenvalue weighted by Crippen LogP contribution is 2.29. The minimum atomic E-state index is -3.86. The van der Waals surface area contributed by atoms with Gasteiger partial charge in [0.1, 0.15) is 0 Å². The number of hydrogen-bond donors (Lipinski definition) is 1. The number of fused-ring (bicyclic) bond motifs is 1. The van der Waals surface area contributed by atoms with Crippen LogP contribution in [0.3, 0.4) is 0 Å². The van der Waals surface area contributed by atoms with E-state index in [0.717, 1.165) is 5.52 Å². The van der Waals surface area contributed by atoms with Crippen LogP contribution in [0.1, 0.15) is 0 Å². The van der Waals surface area contributed by atoms with E-state index in [0.29, 0.717) is 17.0 Å². The summed E-state index contributed by atoms with van der Waals surface area (Å²) in [5.41, 5.74) is 1.20. The van der Waals surface area contributed by atoms with Crippen LogP contribution < -0.4 is 4.72 Å². The van der Waals surface area contributed by atoms with Gasteiger partial charge in [0.2, 0.25) is 5.95 Å². The van der Waals surface area contributed by atoms with Gasteiger partial charge in [-0.05, 0) is 42.5 Å². The van der Waals surface area contributed by atoms with E-state index in [1.54, 1.807) is 47.4 Å². The van der Waals surface area contributed by atoms with Gasteiger partial charge in [0, 0.05) is 34.0 Å². The van der Waals surface area contributed by atoms with Gasteiger partial charge in [-0.3, -0.25) is 9.29 Å². The number of halogens is 2. The van der Waals surface area contributed by atoms with E-state index >= 15 is 0 Å². The third-order valence-electron chi connectivity index (χ3n) is 3.89. The SMILES string of the molecule is O=S(=O)(Nc1cccc2c1ccn2-c1ncccn1)c1cc(Cl)cc(Cl)c1. The average Bonchev–Trinajstić information content (AvgIpc) is 3.07. The first kappa shape index (κ1) is 17.8. The summed E-state index contributed by atoms with van der Waals surface area (Å²) in [5, 5.41) is 1.20. The summed E-state index contributed by atoms with van der Waals surface area (Å²) in [6, 6.07) is 13.0. The van der Waals surface area contributed by atoms with Crippen molar-refractivity contribution >= 4 is 49.8 Å². The molecule has 2 aromatic carbocycles. The Morgan fingerprint density at radius 3 is 2.33 bits per heavy atom. The quantitative estimate of drug-likeness (QED) is 0.528. The van der Waals surface area contributed by atoms with Crippen LogP contribution in [0.15, 0.2) is 72.0 Å². The maximum atomic E-state index is 12.8. The molecule has 0 aliphatic rings. The molecule has 1 N–H and O–H groups in total. The van der Waals surface area contributed by atoms with Crippen molar-refractivity contribution < 1.29 is 8.42 Å². The molecule has 0 atom stereocenters. The van der Waals surface area contributed by atoms with E-state index in [-0.39, 0.29) is 14.9 Å². The van der Waals surface area contributed by atoms with Crippen molar-refractivity contribution in [3.63, 3.8) is 0 Å². The zero-order valence-electron chi connectivity index (χ0n) is 13.7. The molecule has 0 bridgehead atoms. The Morgan fingerprint density at radius 1 is 0.926 bits per heavy atom. The average molecular weight is 419 g/mol. The second-order valence-electron chi connectivity index (χ2n) is 5.68. The molecule has 0 amide bonds. The number of anilines is 1. The number of aromatic nitrogens is 3. The highest BCUT2D eigenvalue weighted by molar-refractivity contribution is 7.92. The fraction of sp³-hybridized carbons (Fsp3) is 0. The van der Waals surface area contributed by atoms with Crippen LogP contribution in [-0.2, 0) is 10.0 Å². The van der Waals surface area contributed by atoms with E-state index in [1.165, 1.54) is 18.2 Å². The van der Waals surface area contributed by atoms with Crippen molar-refractivity contribution in [2.24, 2.45) is 0 Å². The van der Waals surface area contributed by atoms with Gasteiger partial charge in [-0.1, -0.05) is 29.3 Å². The van der Waals surface area contributed by atoms with E-state index in [4.69, 9.17) is 23.2 Å². The van der Waals surface area contributed by atoms with Crippen molar-refractivity contribution in [2.45, 2.75) is 4.90 Å². The van der Waals surface area contributed by atoms with Crippen LogP contribution in [0.4, 0.5) is 5.69 Å². The molecule has 4 rings (SSSR count). The first-order valence-corrected chi connectivity index (χ1v) is 10.0. The van der Waals surface area contributed by atoms with Crippen molar-refractivity contribution in [2.75, 3.05) is 4.72 Å². The molecular weight excluding hydrogens is 407 g/mol. The Morgan fingerprint density at radius 2 is 1.63 bits per heavy atom. The third-order valence-corrected chi connectivity index (χ3v) is 5.67. The number of nitrogens with one attached hydrogen (secondary N) is 1. The van der Waals surface area contributed by atoms with E-state index in [1.807, 2.05) is 6.07 Å². The predicted molar refractivity (Wildman–Crippen MR) is 106 cm³/mol. The van der Waals surface area contributed by atoms with Gasteiger partial charge >= 0.3 is 0 Å². The largest absolute Gasteiger partial charge is 0.285 e. The molecule has 0 fully saturated rings. The summed E-state index contributed by atoms with van der Waals surface area (Å²) in [6.07, 6.45) is 5.07. The summed E-state index contributed by atoms with van der Waals surface area (Å²) >= 11 is 11.9. The van der Waals surface area contributed by atoms with Crippen molar-refractivity contribution in [1.82, 2.24) is 14.5 Å². The molecule has 6 nitrogen and oxygen atoms in total. The smallest absolute Gasteiger partial charge is 0.262 e. The second kappa shape index (κ2) is 6.84. The molecule has 0 saturated carbocycles. The Hall–Kier alpha value is -2.61.